The van der Waals surface area contributed by atoms with Crippen molar-refractivity contribution in [3.05, 3.63) is 216 Å². The lowest BCUT2D eigenvalue weighted by molar-refractivity contribution is 0.253. The Morgan fingerprint density at radius 2 is 1.26 bits per heavy atom. The van der Waals surface area contributed by atoms with E-state index in [9.17, 15) is 0 Å². The first-order chi connectivity index (χ1) is 28.2. The molecular weight excluding hydrogens is 693 g/mol. The Morgan fingerprint density at radius 3 is 2.07 bits per heavy atom. The summed E-state index contributed by atoms with van der Waals surface area (Å²) in [6.45, 7) is 0. The number of hydrogen-bond donors (Lipinski definition) is 0. The van der Waals surface area contributed by atoms with Gasteiger partial charge in [-0.15, -0.1) is 0 Å². The fourth-order valence-electron chi connectivity index (χ4n) is 10.1. The van der Waals surface area contributed by atoms with Crippen LogP contribution < -0.4 is 4.74 Å². The highest BCUT2D eigenvalue weighted by Gasteiger charge is 2.55. The van der Waals surface area contributed by atoms with Crippen LogP contribution in [-0.2, 0) is 11.8 Å². The molecule has 1 spiro atoms. The number of benzene rings is 7. The molecule has 0 saturated heterocycles. The van der Waals surface area contributed by atoms with Crippen molar-refractivity contribution in [2.75, 3.05) is 0 Å². The van der Waals surface area contributed by atoms with E-state index in [0.29, 0.717) is 5.82 Å². The standard InChI is InChI=1S/C54H36N2O/c1-2-12-37(13-3-1)53-55-48(33-49(56-53)41-30-39-16-10-14-36-15-11-17-40(31-41)52(36)39)35-26-24-34(25-27-35)38-28-29-47-51(32-38)57-50-23-9-8-22-46(50)54(47)44-20-6-4-18-42(44)43-19-5-7-21-45(43)54/h1-14,16-21,23-33,46H,15,22H2. The minimum atomic E-state index is -0.331. The van der Waals surface area contributed by atoms with Crippen molar-refractivity contribution in [1.82, 2.24) is 9.97 Å². The van der Waals surface area contributed by atoms with Gasteiger partial charge in [0.2, 0.25) is 0 Å². The molecule has 0 bridgehead atoms. The number of fused-ring (bicyclic) bond motifs is 9. The molecule has 3 aliphatic carbocycles. The second-order valence-electron chi connectivity index (χ2n) is 15.6. The van der Waals surface area contributed by atoms with Crippen LogP contribution in [0.3, 0.4) is 0 Å². The largest absolute Gasteiger partial charge is 0.461 e. The number of nitrogens with zero attached hydrogens (tertiary/aromatic N) is 2. The van der Waals surface area contributed by atoms with Gasteiger partial charge in [0, 0.05) is 28.2 Å². The summed E-state index contributed by atoms with van der Waals surface area (Å²) in [5.74, 6) is 2.84. The van der Waals surface area contributed by atoms with Crippen molar-refractivity contribution in [3.8, 4) is 61.9 Å². The molecule has 268 valence electrons. The number of ether oxygens (including phenoxy) is 1. The van der Waals surface area contributed by atoms with E-state index in [1.807, 2.05) is 18.2 Å². The van der Waals surface area contributed by atoms with Gasteiger partial charge in [0.15, 0.2) is 5.82 Å². The van der Waals surface area contributed by atoms with E-state index >= 15 is 0 Å². The van der Waals surface area contributed by atoms with E-state index in [2.05, 4.69) is 170 Å². The Bertz CT molecular complexity index is 3000. The molecule has 0 fully saturated rings. The highest BCUT2D eigenvalue weighted by molar-refractivity contribution is 5.98. The SMILES string of the molecule is C1=CCC2C(=C1)Oc1cc(-c3ccc(-c4cc(-c5cc6c7c(cccc7c5)CC=C6)nc(-c5ccccc5)n4)cc3)ccc1C21c2ccccc2-c2ccccc21. The van der Waals surface area contributed by atoms with Gasteiger partial charge >= 0.3 is 0 Å². The highest BCUT2D eigenvalue weighted by Crippen LogP contribution is 2.63. The van der Waals surface area contributed by atoms with Crippen LogP contribution in [0.5, 0.6) is 5.75 Å². The molecule has 2 heterocycles. The third-order valence-corrected chi connectivity index (χ3v) is 12.6. The molecule has 7 aromatic carbocycles. The van der Waals surface area contributed by atoms with E-state index in [1.165, 1.54) is 49.7 Å². The summed E-state index contributed by atoms with van der Waals surface area (Å²) in [5, 5.41) is 2.58. The lowest BCUT2D eigenvalue weighted by Crippen LogP contribution is -2.42. The Balaban J connectivity index is 0.958. The molecule has 0 amide bonds. The molecule has 12 rings (SSSR count). The third-order valence-electron chi connectivity index (χ3n) is 12.6. The van der Waals surface area contributed by atoms with E-state index in [0.717, 1.165) is 63.6 Å². The monoisotopic (exact) mass is 728 g/mol. The lowest BCUT2D eigenvalue weighted by atomic mass is 9.60. The molecule has 57 heavy (non-hydrogen) atoms. The average Bonchev–Trinajstić information content (AvgIpc) is 3.57. The summed E-state index contributed by atoms with van der Waals surface area (Å²) in [6, 6.07) is 57.1. The normalized spacial score (nSPS) is 16.4. The first kappa shape index (κ1) is 32.2. The van der Waals surface area contributed by atoms with Crippen molar-refractivity contribution < 1.29 is 4.74 Å². The zero-order chi connectivity index (χ0) is 37.5. The van der Waals surface area contributed by atoms with Crippen LogP contribution in [0.4, 0.5) is 0 Å². The molecule has 8 aromatic rings. The van der Waals surface area contributed by atoms with E-state index in [-0.39, 0.29) is 11.3 Å². The number of hydrogen-bond acceptors (Lipinski definition) is 3. The molecule has 0 radical (unpaired) electrons. The van der Waals surface area contributed by atoms with Gasteiger partial charge in [-0.2, -0.15) is 0 Å². The summed E-state index contributed by atoms with van der Waals surface area (Å²) in [6.07, 6.45) is 13.0. The third kappa shape index (κ3) is 4.85. The van der Waals surface area contributed by atoms with Gasteiger partial charge in [-0.25, -0.2) is 9.97 Å². The van der Waals surface area contributed by atoms with E-state index in [1.54, 1.807) is 0 Å². The maximum Gasteiger partial charge on any atom is 0.160 e. The molecular formula is C54H36N2O. The van der Waals surface area contributed by atoms with Crippen molar-refractivity contribution >= 4 is 16.8 Å². The smallest absolute Gasteiger partial charge is 0.160 e. The molecule has 0 N–H and O–H groups in total. The Kier molecular flexibility index (Phi) is 7.03. The van der Waals surface area contributed by atoms with Gasteiger partial charge in [0.1, 0.15) is 11.5 Å². The molecule has 1 aliphatic heterocycles. The maximum absolute atomic E-state index is 6.86. The summed E-state index contributed by atoms with van der Waals surface area (Å²) in [7, 11) is 0. The van der Waals surface area contributed by atoms with E-state index < -0.39 is 0 Å². The first-order valence-electron chi connectivity index (χ1n) is 19.9. The van der Waals surface area contributed by atoms with Crippen molar-refractivity contribution in [2.24, 2.45) is 5.92 Å². The van der Waals surface area contributed by atoms with Gasteiger partial charge in [-0.05, 0) is 98.5 Å². The van der Waals surface area contributed by atoms with Gasteiger partial charge in [0.05, 0.1) is 16.8 Å². The minimum Gasteiger partial charge on any atom is -0.461 e. The second-order valence-corrected chi connectivity index (χ2v) is 15.6. The summed E-state index contributed by atoms with van der Waals surface area (Å²) < 4.78 is 6.86. The number of rotatable bonds is 4. The van der Waals surface area contributed by atoms with E-state index in [4.69, 9.17) is 14.7 Å². The molecule has 3 heteroatoms. The predicted molar refractivity (Wildman–Crippen MR) is 232 cm³/mol. The fourth-order valence-corrected chi connectivity index (χ4v) is 10.1. The number of aromatic nitrogens is 2. The van der Waals surface area contributed by atoms with Crippen LogP contribution in [0.2, 0.25) is 0 Å². The van der Waals surface area contributed by atoms with Gasteiger partial charge in [-0.3, -0.25) is 0 Å². The van der Waals surface area contributed by atoms with Crippen LogP contribution in [0.1, 0.15) is 34.2 Å². The predicted octanol–water partition coefficient (Wildman–Crippen LogP) is 13.0. The van der Waals surface area contributed by atoms with Crippen LogP contribution in [0.15, 0.2) is 188 Å². The molecule has 1 aromatic heterocycles. The summed E-state index contributed by atoms with van der Waals surface area (Å²) >= 11 is 0. The lowest BCUT2D eigenvalue weighted by Gasteiger charge is -2.46. The topological polar surface area (TPSA) is 35.0 Å². The van der Waals surface area contributed by atoms with Crippen LogP contribution in [0, 0.1) is 5.92 Å². The Hall–Kier alpha value is -7.10. The minimum absolute atomic E-state index is 0.176. The number of allylic oxidation sites excluding steroid dienone is 5. The zero-order valence-electron chi connectivity index (χ0n) is 31.2. The van der Waals surface area contributed by atoms with Crippen LogP contribution >= 0.6 is 0 Å². The molecule has 3 nitrogen and oxygen atoms in total. The maximum atomic E-state index is 6.86. The fraction of sp³-hybridized carbons (Fsp3) is 0.0741. The Labute approximate surface area is 332 Å². The van der Waals surface area contributed by atoms with Gasteiger partial charge in [-0.1, -0.05) is 158 Å². The van der Waals surface area contributed by atoms with Gasteiger partial charge in [0.25, 0.3) is 0 Å². The van der Waals surface area contributed by atoms with Crippen molar-refractivity contribution in [3.63, 3.8) is 0 Å². The molecule has 4 aliphatic rings. The molecule has 0 saturated carbocycles. The van der Waals surface area contributed by atoms with Crippen molar-refractivity contribution in [1.29, 1.82) is 0 Å². The highest BCUT2D eigenvalue weighted by atomic mass is 16.5. The quantitative estimate of drug-likeness (QED) is 0.181. The van der Waals surface area contributed by atoms with Crippen LogP contribution in [-0.4, -0.2) is 9.97 Å². The van der Waals surface area contributed by atoms with Gasteiger partial charge < -0.3 is 4.74 Å². The van der Waals surface area contributed by atoms with Crippen molar-refractivity contribution in [2.45, 2.75) is 18.3 Å². The average molecular weight is 729 g/mol. The molecule has 1 atom stereocenters. The zero-order valence-corrected chi connectivity index (χ0v) is 31.2. The summed E-state index contributed by atoms with van der Waals surface area (Å²) in [5.41, 5.74) is 16.0. The second kappa shape index (κ2) is 12.5. The Morgan fingerprint density at radius 1 is 0.544 bits per heavy atom. The van der Waals surface area contributed by atoms with Crippen LogP contribution in [0.25, 0.3) is 73.0 Å². The summed E-state index contributed by atoms with van der Waals surface area (Å²) in [4.78, 5) is 10.3. The molecule has 1 unspecified atom stereocenters. The first-order valence-corrected chi connectivity index (χ1v) is 19.9.